The second kappa shape index (κ2) is 15.8. The lowest BCUT2D eigenvalue weighted by Gasteiger charge is -2.34. The Labute approximate surface area is 390 Å². The standard InChI is InChI=1S/C65H44N2/c1-4-22-49(23-5-1)65(50-24-6-2-7-25-50)57-32-15-12-31-56(57)64-58(65)33-19-37-62(64)67-61-35-17-14-30-54(61)55-43-42-48(44-63(55)67)45-38-40-47(41-39-45)53-29-13-16-34-59(53)66(51-26-8-3-9-27-51)60-36-18-21-46-20-10-11-28-52(46)60/h1-44H. The Kier molecular flexibility index (Phi) is 9.11. The van der Waals surface area contributed by atoms with Crippen LogP contribution in [0.5, 0.6) is 0 Å². The van der Waals surface area contributed by atoms with Gasteiger partial charge in [-0.15, -0.1) is 0 Å². The molecular weight excluding hydrogens is 809 g/mol. The molecule has 0 radical (unpaired) electrons. The van der Waals surface area contributed by atoms with Crippen LogP contribution in [0.1, 0.15) is 22.3 Å². The van der Waals surface area contributed by atoms with Gasteiger partial charge in [-0.2, -0.15) is 0 Å². The van der Waals surface area contributed by atoms with E-state index in [1.54, 1.807) is 0 Å². The van der Waals surface area contributed by atoms with E-state index in [1.165, 1.54) is 88.3 Å². The minimum Gasteiger partial charge on any atom is -0.309 e. The third kappa shape index (κ3) is 6.04. The van der Waals surface area contributed by atoms with Crippen LogP contribution in [0, 0.1) is 0 Å². The van der Waals surface area contributed by atoms with Gasteiger partial charge < -0.3 is 9.47 Å². The molecule has 1 aromatic heterocycles. The van der Waals surface area contributed by atoms with Gasteiger partial charge in [0.05, 0.1) is 33.5 Å². The van der Waals surface area contributed by atoms with Gasteiger partial charge in [-0.25, -0.2) is 0 Å². The largest absolute Gasteiger partial charge is 0.309 e. The Bertz CT molecular complexity index is 3750. The van der Waals surface area contributed by atoms with Crippen molar-refractivity contribution in [2.24, 2.45) is 0 Å². The van der Waals surface area contributed by atoms with Crippen LogP contribution in [-0.2, 0) is 5.41 Å². The Morgan fingerprint density at radius 1 is 0.328 bits per heavy atom. The first-order chi connectivity index (χ1) is 33.3. The number of hydrogen-bond acceptors (Lipinski definition) is 1. The highest BCUT2D eigenvalue weighted by Gasteiger charge is 2.47. The molecule has 1 aliphatic carbocycles. The Hall–Kier alpha value is -8.72. The highest BCUT2D eigenvalue weighted by atomic mass is 15.1. The molecule has 0 bridgehead atoms. The van der Waals surface area contributed by atoms with Crippen LogP contribution in [0.15, 0.2) is 267 Å². The topological polar surface area (TPSA) is 8.17 Å². The van der Waals surface area contributed by atoms with Gasteiger partial charge >= 0.3 is 0 Å². The average Bonchev–Trinajstić information content (AvgIpc) is 3.90. The van der Waals surface area contributed by atoms with Crippen molar-refractivity contribution < 1.29 is 0 Å². The van der Waals surface area contributed by atoms with Gasteiger partial charge in [0.2, 0.25) is 0 Å². The molecule has 0 saturated heterocycles. The van der Waals surface area contributed by atoms with Crippen LogP contribution in [0.3, 0.4) is 0 Å². The number of hydrogen-bond donors (Lipinski definition) is 0. The number of rotatable bonds is 8. The summed E-state index contributed by atoms with van der Waals surface area (Å²) in [5.74, 6) is 0. The van der Waals surface area contributed by atoms with Gasteiger partial charge in [-0.1, -0.05) is 224 Å². The lowest BCUT2D eigenvalue weighted by atomic mass is 9.68. The van der Waals surface area contributed by atoms with E-state index in [9.17, 15) is 0 Å². The summed E-state index contributed by atoms with van der Waals surface area (Å²) in [6.07, 6.45) is 0. The van der Waals surface area contributed by atoms with Gasteiger partial charge in [0.25, 0.3) is 0 Å². The highest BCUT2D eigenvalue weighted by Crippen LogP contribution is 2.58. The lowest BCUT2D eigenvalue weighted by Crippen LogP contribution is -2.28. The number of para-hydroxylation sites is 3. The van der Waals surface area contributed by atoms with Crippen molar-refractivity contribution >= 4 is 49.6 Å². The SMILES string of the molecule is c1ccc(N(c2ccccc2-c2ccc(-c3ccc4c5ccccc5n(-c5cccc6c5-c5ccccc5C6(c5ccccc5)c5ccccc5)c4c3)cc2)c2cccc3ccccc23)cc1. The lowest BCUT2D eigenvalue weighted by molar-refractivity contribution is 0.768. The molecule has 1 aliphatic rings. The molecule has 314 valence electrons. The summed E-state index contributed by atoms with van der Waals surface area (Å²) in [7, 11) is 0. The fourth-order valence-corrected chi connectivity index (χ4v) is 11.2. The summed E-state index contributed by atoms with van der Waals surface area (Å²) in [5, 5.41) is 4.91. The van der Waals surface area contributed by atoms with E-state index in [0.717, 1.165) is 22.6 Å². The first-order valence-electron chi connectivity index (χ1n) is 23.2. The van der Waals surface area contributed by atoms with Crippen molar-refractivity contribution in [3.05, 3.63) is 289 Å². The molecular formula is C65H44N2. The molecule has 0 atom stereocenters. The maximum absolute atomic E-state index is 2.52. The molecule has 0 aliphatic heterocycles. The molecule has 0 spiro atoms. The minimum absolute atomic E-state index is 0.484. The molecule has 13 rings (SSSR count). The molecule has 11 aromatic carbocycles. The van der Waals surface area contributed by atoms with E-state index in [2.05, 4.69) is 276 Å². The van der Waals surface area contributed by atoms with Gasteiger partial charge in [0, 0.05) is 33.0 Å². The minimum atomic E-state index is -0.484. The van der Waals surface area contributed by atoms with Crippen molar-refractivity contribution in [2.45, 2.75) is 5.41 Å². The summed E-state index contributed by atoms with van der Waals surface area (Å²) in [5.41, 5.74) is 18.8. The number of benzene rings is 11. The zero-order valence-corrected chi connectivity index (χ0v) is 36.8. The molecule has 0 amide bonds. The van der Waals surface area contributed by atoms with E-state index < -0.39 is 5.41 Å². The predicted molar refractivity (Wildman–Crippen MR) is 281 cm³/mol. The van der Waals surface area contributed by atoms with E-state index in [1.807, 2.05) is 0 Å². The van der Waals surface area contributed by atoms with E-state index in [4.69, 9.17) is 0 Å². The quantitative estimate of drug-likeness (QED) is 0.148. The van der Waals surface area contributed by atoms with Crippen molar-refractivity contribution in [2.75, 3.05) is 4.90 Å². The Morgan fingerprint density at radius 3 is 1.64 bits per heavy atom. The Morgan fingerprint density at radius 2 is 0.866 bits per heavy atom. The number of aromatic nitrogens is 1. The first kappa shape index (κ1) is 38.7. The summed E-state index contributed by atoms with van der Waals surface area (Å²) in [6, 6.07) is 97.9. The van der Waals surface area contributed by atoms with Crippen LogP contribution >= 0.6 is 0 Å². The monoisotopic (exact) mass is 852 g/mol. The zero-order chi connectivity index (χ0) is 44.3. The molecule has 0 unspecified atom stereocenters. The fourth-order valence-electron chi connectivity index (χ4n) is 11.2. The third-order valence-electron chi connectivity index (χ3n) is 14.1. The summed E-state index contributed by atoms with van der Waals surface area (Å²) >= 11 is 0. The van der Waals surface area contributed by atoms with Crippen LogP contribution in [0.2, 0.25) is 0 Å². The van der Waals surface area contributed by atoms with Gasteiger partial charge in [0.15, 0.2) is 0 Å². The summed E-state index contributed by atoms with van der Waals surface area (Å²) in [4.78, 5) is 2.40. The summed E-state index contributed by atoms with van der Waals surface area (Å²) < 4.78 is 2.52. The van der Waals surface area contributed by atoms with Crippen LogP contribution < -0.4 is 4.90 Å². The van der Waals surface area contributed by atoms with Gasteiger partial charge in [-0.3, -0.25) is 0 Å². The van der Waals surface area contributed by atoms with E-state index in [0.29, 0.717) is 0 Å². The summed E-state index contributed by atoms with van der Waals surface area (Å²) in [6.45, 7) is 0. The highest BCUT2D eigenvalue weighted by molar-refractivity contribution is 6.11. The first-order valence-corrected chi connectivity index (χ1v) is 23.2. The molecule has 0 saturated carbocycles. The number of nitrogens with zero attached hydrogens (tertiary/aromatic N) is 2. The second-order valence-corrected chi connectivity index (χ2v) is 17.6. The average molecular weight is 853 g/mol. The molecule has 0 N–H and O–H groups in total. The maximum atomic E-state index is 2.52. The van der Waals surface area contributed by atoms with E-state index in [-0.39, 0.29) is 0 Å². The van der Waals surface area contributed by atoms with E-state index >= 15 is 0 Å². The van der Waals surface area contributed by atoms with Gasteiger partial charge in [0.1, 0.15) is 0 Å². The molecule has 12 aromatic rings. The fraction of sp³-hybridized carbons (Fsp3) is 0.0154. The second-order valence-electron chi connectivity index (χ2n) is 17.6. The maximum Gasteiger partial charge on any atom is 0.0714 e. The molecule has 2 nitrogen and oxygen atoms in total. The van der Waals surface area contributed by atoms with Crippen LogP contribution in [-0.4, -0.2) is 4.57 Å². The predicted octanol–water partition coefficient (Wildman–Crippen LogP) is 17.1. The van der Waals surface area contributed by atoms with Gasteiger partial charge in [-0.05, 0) is 92.4 Å². The third-order valence-corrected chi connectivity index (χ3v) is 14.1. The van der Waals surface area contributed by atoms with Crippen molar-refractivity contribution in [3.8, 4) is 39.1 Å². The smallest absolute Gasteiger partial charge is 0.0714 e. The molecule has 2 heteroatoms. The number of fused-ring (bicyclic) bond motifs is 7. The van der Waals surface area contributed by atoms with Crippen molar-refractivity contribution in [3.63, 3.8) is 0 Å². The normalized spacial score (nSPS) is 12.6. The van der Waals surface area contributed by atoms with Crippen LogP contribution in [0.25, 0.3) is 71.6 Å². The van der Waals surface area contributed by atoms with Crippen molar-refractivity contribution in [1.82, 2.24) is 4.57 Å². The molecule has 0 fully saturated rings. The number of anilines is 3. The zero-order valence-electron chi connectivity index (χ0n) is 36.8. The Balaban J connectivity index is 0.964. The molecule has 1 heterocycles. The van der Waals surface area contributed by atoms with Crippen molar-refractivity contribution in [1.29, 1.82) is 0 Å². The molecule has 67 heavy (non-hydrogen) atoms. The van der Waals surface area contributed by atoms with Crippen LogP contribution in [0.4, 0.5) is 17.1 Å².